The molecule has 1 aliphatic rings. The zero-order valence-corrected chi connectivity index (χ0v) is 13.1. The molecule has 0 aromatic rings. The highest BCUT2D eigenvalue weighted by atomic mass is 35.5. The molecule has 0 spiro atoms. The topological polar surface area (TPSA) is 122 Å². The van der Waals surface area contributed by atoms with Crippen molar-refractivity contribution in [1.29, 1.82) is 0 Å². The molecule has 1 saturated heterocycles. The SMILES string of the molecule is C/C=C(N)\C(C)=C/N(C(N)=O)[C@@H]1O[C@@](CO)(CCl)[C@@H](O)[C@H]1F. The van der Waals surface area contributed by atoms with Crippen molar-refractivity contribution in [2.45, 2.75) is 38.0 Å². The number of halogens is 2. The third kappa shape index (κ3) is 3.35. The Labute approximate surface area is 133 Å². The summed E-state index contributed by atoms with van der Waals surface area (Å²) in [6, 6.07) is -0.994. The molecule has 0 aromatic heterocycles. The number of nitrogens with two attached hydrogens (primary N) is 2. The minimum atomic E-state index is -1.99. The fraction of sp³-hybridized carbons (Fsp3) is 0.615. The average molecular weight is 338 g/mol. The molecule has 0 aliphatic carbocycles. The molecule has 126 valence electrons. The van der Waals surface area contributed by atoms with Gasteiger partial charge in [-0.2, -0.15) is 0 Å². The average Bonchev–Trinajstić information content (AvgIpc) is 2.76. The summed E-state index contributed by atoms with van der Waals surface area (Å²) in [6.07, 6.45) is -2.38. The lowest BCUT2D eigenvalue weighted by Gasteiger charge is -2.29. The fourth-order valence-corrected chi connectivity index (χ4v) is 2.39. The van der Waals surface area contributed by atoms with Crippen molar-refractivity contribution in [2.24, 2.45) is 11.5 Å². The summed E-state index contributed by atoms with van der Waals surface area (Å²) in [5.74, 6) is -0.353. The number of hydrogen-bond acceptors (Lipinski definition) is 5. The number of carbonyl (C=O) groups is 1. The van der Waals surface area contributed by atoms with E-state index >= 15 is 0 Å². The molecule has 7 nitrogen and oxygen atoms in total. The smallest absolute Gasteiger partial charge is 0.321 e. The standard InChI is InChI=1S/C13H21ClFN3O4/c1-3-8(16)7(2)4-18(12(17)21)11-9(15)10(20)13(5-14,6-19)22-11/h3-4,9-11,19-20H,5-6,16H2,1-2H3,(H2,17,21)/b7-4-,8-3+/t9-,10+,11-,13-/m1/s1. The normalized spacial score (nSPS) is 33.1. The van der Waals surface area contributed by atoms with Crippen molar-refractivity contribution < 1.29 is 24.1 Å². The quantitative estimate of drug-likeness (QED) is 0.420. The van der Waals surface area contributed by atoms with Crippen molar-refractivity contribution in [3.05, 3.63) is 23.5 Å². The van der Waals surface area contributed by atoms with E-state index in [1.165, 1.54) is 6.20 Å². The molecule has 2 amide bonds. The van der Waals surface area contributed by atoms with E-state index in [2.05, 4.69) is 0 Å². The molecule has 22 heavy (non-hydrogen) atoms. The molecule has 0 bridgehead atoms. The minimum Gasteiger partial charge on any atom is -0.399 e. The second kappa shape index (κ2) is 7.28. The second-order valence-corrected chi connectivity index (χ2v) is 5.32. The van der Waals surface area contributed by atoms with Crippen molar-refractivity contribution in [3.8, 4) is 0 Å². The molecule has 1 aliphatic heterocycles. The molecule has 6 N–H and O–H groups in total. The molecule has 4 atom stereocenters. The van der Waals surface area contributed by atoms with E-state index in [1.54, 1.807) is 19.9 Å². The third-order valence-corrected chi connectivity index (χ3v) is 4.04. The molecule has 9 heteroatoms. The lowest BCUT2D eigenvalue weighted by molar-refractivity contribution is -0.118. The van der Waals surface area contributed by atoms with Gasteiger partial charge >= 0.3 is 6.03 Å². The van der Waals surface area contributed by atoms with E-state index in [1.807, 2.05) is 0 Å². The van der Waals surface area contributed by atoms with Gasteiger partial charge in [0.15, 0.2) is 12.4 Å². The van der Waals surface area contributed by atoms with E-state index in [-0.39, 0.29) is 5.88 Å². The molecular weight excluding hydrogens is 317 g/mol. The van der Waals surface area contributed by atoms with Gasteiger partial charge in [-0.25, -0.2) is 9.18 Å². The summed E-state index contributed by atoms with van der Waals surface area (Å²) in [7, 11) is 0. The van der Waals surface area contributed by atoms with E-state index in [0.29, 0.717) is 11.3 Å². The number of nitrogens with zero attached hydrogens (tertiary/aromatic N) is 1. The molecule has 0 aromatic carbocycles. The Hall–Kier alpha value is -1.35. The number of carbonyl (C=O) groups excluding carboxylic acids is 1. The predicted octanol–water partition coefficient (Wildman–Crippen LogP) is 0.159. The van der Waals surface area contributed by atoms with Crippen LogP contribution in [-0.4, -0.2) is 57.7 Å². The summed E-state index contributed by atoms with van der Waals surface area (Å²) in [4.78, 5) is 12.4. The monoisotopic (exact) mass is 337 g/mol. The first-order valence-electron chi connectivity index (χ1n) is 6.59. The van der Waals surface area contributed by atoms with Gasteiger partial charge in [-0.15, -0.1) is 11.6 Å². The van der Waals surface area contributed by atoms with Crippen molar-refractivity contribution in [1.82, 2.24) is 4.90 Å². The lowest BCUT2D eigenvalue weighted by atomic mass is 9.99. The number of rotatable bonds is 5. The summed E-state index contributed by atoms with van der Waals surface area (Å²) in [5.41, 5.74) is 10.1. The number of hydrogen-bond donors (Lipinski definition) is 4. The Morgan fingerprint density at radius 1 is 1.55 bits per heavy atom. The van der Waals surface area contributed by atoms with Gasteiger partial charge in [-0.05, 0) is 19.4 Å². The highest BCUT2D eigenvalue weighted by Crippen LogP contribution is 2.36. The van der Waals surface area contributed by atoms with E-state index < -0.39 is 36.7 Å². The van der Waals surface area contributed by atoms with E-state index in [9.17, 15) is 19.4 Å². The van der Waals surface area contributed by atoms with Crippen LogP contribution < -0.4 is 11.5 Å². The van der Waals surface area contributed by atoms with Crippen LogP contribution in [0.4, 0.5) is 9.18 Å². The van der Waals surface area contributed by atoms with Gasteiger partial charge in [0.1, 0.15) is 11.7 Å². The Balaban J connectivity index is 3.16. The largest absolute Gasteiger partial charge is 0.399 e. The summed E-state index contributed by atoms with van der Waals surface area (Å²) in [5, 5.41) is 19.3. The first-order valence-corrected chi connectivity index (χ1v) is 7.12. The highest BCUT2D eigenvalue weighted by Gasteiger charge is 2.56. The van der Waals surface area contributed by atoms with Gasteiger partial charge in [0, 0.05) is 11.9 Å². The number of primary amides is 1. The maximum absolute atomic E-state index is 14.3. The van der Waals surface area contributed by atoms with Crippen LogP contribution in [0.15, 0.2) is 23.5 Å². The predicted molar refractivity (Wildman–Crippen MR) is 79.4 cm³/mol. The van der Waals surface area contributed by atoms with Crippen LogP contribution in [0.5, 0.6) is 0 Å². The van der Waals surface area contributed by atoms with Crippen LogP contribution >= 0.6 is 11.6 Å². The van der Waals surface area contributed by atoms with E-state index in [4.69, 9.17) is 27.8 Å². The Morgan fingerprint density at radius 2 is 2.14 bits per heavy atom. The zero-order valence-electron chi connectivity index (χ0n) is 12.4. The summed E-state index contributed by atoms with van der Waals surface area (Å²) >= 11 is 5.66. The molecule has 1 fully saturated rings. The minimum absolute atomic E-state index is 0.353. The first kappa shape index (κ1) is 18.7. The number of ether oxygens (including phenoxy) is 1. The van der Waals surface area contributed by atoms with Crippen LogP contribution in [0, 0.1) is 0 Å². The molecular formula is C13H21ClFN3O4. The highest BCUT2D eigenvalue weighted by molar-refractivity contribution is 6.18. The fourth-order valence-electron chi connectivity index (χ4n) is 2.09. The number of alkyl halides is 2. The Morgan fingerprint density at radius 3 is 2.50 bits per heavy atom. The van der Waals surface area contributed by atoms with Gasteiger partial charge in [-0.1, -0.05) is 6.08 Å². The number of amides is 2. The van der Waals surface area contributed by atoms with Gasteiger partial charge < -0.3 is 26.4 Å². The Kier molecular flexibility index (Phi) is 6.18. The van der Waals surface area contributed by atoms with Crippen LogP contribution in [0.1, 0.15) is 13.8 Å². The number of allylic oxidation sites excluding steroid dienone is 2. The van der Waals surface area contributed by atoms with Crippen molar-refractivity contribution in [2.75, 3.05) is 12.5 Å². The molecule has 0 unspecified atom stereocenters. The van der Waals surface area contributed by atoms with Crippen LogP contribution in [0.2, 0.25) is 0 Å². The number of aliphatic hydroxyl groups is 2. The maximum atomic E-state index is 14.3. The molecule has 1 rings (SSSR count). The van der Waals surface area contributed by atoms with Crippen LogP contribution in [0.3, 0.4) is 0 Å². The van der Waals surface area contributed by atoms with Gasteiger partial charge in [0.2, 0.25) is 0 Å². The van der Waals surface area contributed by atoms with Gasteiger partial charge in [0.05, 0.1) is 12.5 Å². The molecule has 1 heterocycles. The van der Waals surface area contributed by atoms with Crippen molar-refractivity contribution in [3.63, 3.8) is 0 Å². The molecule has 0 saturated carbocycles. The Bertz CT molecular complexity index is 482. The van der Waals surface area contributed by atoms with E-state index in [0.717, 1.165) is 4.90 Å². The summed E-state index contributed by atoms with van der Waals surface area (Å²) < 4.78 is 19.6. The van der Waals surface area contributed by atoms with Crippen LogP contribution in [0.25, 0.3) is 0 Å². The first-order chi connectivity index (χ1) is 10.2. The second-order valence-electron chi connectivity index (χ2n) is 5.06. The number of urea groups is 1. The zero-order chi connectivity index (χ0) is 17.1. The summed E-state index contributed by atoms with van der Waals surface area (Å²) in [6.45, 7) is 2.59. The third-order valence-electron chi connectivity index (χ3n) is 3.59. The van der Waals surface area contributed by atoms with Crippen LogP contribution in [-0.2, 0) is 4.74 Å². The van der Waals surface area contributed by atoms with Crippen molar-refractivity contribution >= 4 is 17.6 Å². The number of aliphatic hydroxyl groups excluding tert-OH is 2. The molecule has 0 radical (unpaired) electrons. The maximum Gasteiger partial charge on any atom is 0.321 e. The van der Waals surface area contributed by atoms with Gasteiger partial charge in [0.25, 0.3) is 0 Å². The van der Waals surface area contributed by atoms with Gasteiger partial charge in [-0.3, -0.25) is 4.90 Å². The lowest BCUT2D eigenvalue weighted by Crippen LogP contribution is -2.47.